The highest BCUT2D eigenvalue weighted by atomic mass is 16.7. The molecule has 0 aromatic heterocycles. The van der Waals surface area contributed by atoms with Crippen molar-refractivity contribution in [1.29, 1.82) is 0 Å². The van der Waals surface area contributed by atoms with Crippen molar-refractivity contribution < 1.29 is 24.4 Å². The summed E-state index contributed by atoms with van der Waals surface area (Å²) >= 11 is 0. The van der Waals surface area contributed by atoms with E-state index in [1.165, 1.54) is 6.07 Å². The van der Waals surface area contributed by atoms with E-state index in [9.17, 15) is 20.0 Å². The maximum atomic E-state index is 12.4. The lowest BCUT2D eigenvalue weighted by Gasteiger charge is -2.29. The number of carbonyl (C=O) groups is 1. The zero-order valence-corrected chi connectivity index (χ0v) is 14.6. The Balaban J connectivity index is 2.52. The van der Waals surface area contributed by atoms with Crippen LogP contribution in [-0.2, 0) is 9.53 Å². The number of rotatable bonds is 6. The number of aromatic hydroxyl groups is 1. The molecule has 3 N–H and O–H groups in total. The van der Waals surface area contributed by atoms with Gasteiger partial charge < -0.3 is 25.2 Å². The molecule has 0 aliphatic carbocycles. The van der Waals surface area contributed by atoms with Gasteiger partial charge in [0.2, 0.25) is 0 Å². The standard InChI is InChI=1S/C16H20N4O6/c1-4-25-12-8-10(6-7-11(12)21)14-13(15(22)26-5-2)9(3)17-16(18-14)19-20(23)24/h6-8,14,21H,4-5H2,1-3H3,(H2,17,18,19)/t14-/m1/s1. The molecule has 2 rings (SSSR count). The average molecular weight is 364 g/mol. The number of hydrogen-bond acceptors (Lipinski definition) is 6. The molecule has 1 heterocycles. The second-order valence-corrected chi connectivity index (χ2v) is 5.31. The van der Waals surface area contributed by atoms with Crippen LogP contribution in [0.3, 0.4) is 0 Å². The smallest absolute Gasteiger partial charge is 0.338 e. The number of nitrogens with zero attached hydrogens (tertiary/aromatic N) is 2. The Kier molecular flexibility index (Phi) is 5.99. The van der Waals surface area contributed by atoms with E-state index in [4.69, 9.17) is 9.47 Å². The molecule has 26 heavy (non-hydrogen) atoms. The minimum Gasteiger partial charge on any atom is -0.504 e. The van der Waals surface area contributed by atoms with Crippen molar-refractivity contribution in [1.82, 2.24) is 10.6 Å². The van der Waals surface area contributed by atoms with E-state index in [1.54, 1.807) is 32.9 Å². The molecule has 1 aromatic rings. The van der Waals surface area contributed by atoms with Gasteiger partial charge in [-0.2, -0.15) is 0 Å². The highest BCUT2D eigenvalue weighted by Gasteiger charge is 2.33. The summed E-state index contributed by atoms with van der Waals surface area (Å²) in [7, 11) is 0. The third-order valence-electron chi connectivity index (χ3n) is 3.57. The molecule has 1 aliphatic rings. The molecule has 0 unspecified atom stereocenters. The summed E-state index contributed by atoms with van der Waals surface area (Å²) in [5.74, 6) is -0.501. The van der Waals surface area contributed by atoms with Crippen LogP contribution in [0.25, 0.3) is 0 Å². The number of phenolic OH excluding ortho intramolecular Hbond substituents is 1. The fourth-order valence-electron chi connectivity index (χ4n) is 2.55. The Morgan fingerprint density at radius 2 is 2.12 bits per heavy atom. The van der Waals surface area contributed by atoms with E-state index in [2.05, 4.69) is 15.7 Å². The summed E-state index contributed by atoms with van der Waals surface area (Å²) in [6.07, 6.45) is 0. The van der Waals surface area contributed by atoms with E-state index >= 15 is 0 Å². The molecule has 0 bridgehead atoms. The first-order valence-corrected chi connectivity index (χ1v) is 7.97. The highest BCUT2D eigenvalue weighted by Crippen LogP contribution is 2.34. The fraction of sp³-hybridized carbons (Fsp3) is 0.375. The number of hydrogen-bond donors (Lipinski definition) is 3. The Labute approximate surface area is 149 Å². The Bertz CT molecular complexity index is 774. The molecular weight excluding hydrogens is 344 g/mol. The third kappa shape index (κ3) is 4.21. The first-order valence-electron chi connectivity index (χ1n) is 7.97. The van der Waals surface area contributed by atoms with Gasteiger partial charge in [-0.15, -0.1) is 0 Å². The summed E-state index contributed by atoms with van der Waals surface area (Å²) < 4.78 is 10.5. The molecule has 0 saturated heterocycles. The Morgan fingerprint density at radius 3 is 2.73 bits per heavy atom. The molecule has 10 heteroatoms. The number of esters is 1. The minimum absolute atomic E-state index is 0.0536. The lowest BCUT2D eigenvalue weighted by atomic mass is 9.95. The van der Waals surface area contributed by atoms with Crippen LogP contribution in [0.5, 0.6) is 11.5 Å². The lowest BCUT2D eigenvalue weighted by molar-refractivity contribution is -0.485. The number of phenols is 1. The predicted molar refractivity (Wildman–Crippen MR) is 92.1 cm³/mol. The first kappa shape index (κ1) is 19.0. The van der Waals surface area contributed by atoms with Crippen LogP contribution in [0.1, 0.15) is 32.4 Å². The van der Waals surface area contributed by atoms with E-state index in [1.807, 2.05) is 0 Å². The van der Waals surface area contributed by atoms with Crippen LogP contribution in [0, 0.1) is 10.1 Å². The van der Waals surface area contributed by atoms with Crippen LogP contribution in [0.2, 0.25) is 0 Å². The molecule has 0 spiro atoms. The molecule has 1 aromatic carbocycles. The SMILES string of the molecule is CCOC(=O)C1=C(C)N/C(=N/[N+](=O)[O-])N[C@@H]1c1ccc(O)c(OCC)c1. The number of guanidine groups is 1. The van der Waals surface area contributed by atoms with Crippen LogP contribution in [0.15, 0.2) is 34.6 Å². The number of allylic oxidation sites excluding steroid dienone is 1. The molecular formula is C16H20N4O6. The Morgan fingerprint density at radius 1 is 1.38 bits per heavy atom. The second kappa shape index (κ2) is 8.19. The molecule has 0 amide bonds. The van der Waals surface area contributed by atoms with Gasteiger partial charge >= 0.3 is 5.97 Å². The van der Waals surface area contributed by atoms with Crippen LogP contribution in [-0.4, -0.2) is 35.3 Å². The van der Waals surface area contributed by atoms with Gasteiger partial charge in [0.05, 0.1) is 24.8 Å². The summed E-state index contributed by atoms with van der Waals surface area (Å²) in [5, 5.41) is 28.4. The summed E-state index contributed by atoms with van der Waals surface area (Å²) in [4.78, 5) is 23.1. The molecule has 0 radical (unpaired) electrons. The van der Waals surface area contributed by atoms with Crippen molar-refractivity contribution >= 4 is 11.9 Å². The van der Waals surface area contributed by atoms with Gasteiger partial charge in [-0.25, -0.2) is 14.9 Å². The second-order valence-electron chi connectivity index (χ2n) is 5.31. The fourth-order valence-corrected chi connectivity index (χ4v) is 2.55. The summed E-state index contributed by atoms with van der Waals surface area (Å²) in [5.41, 5.74) is 1.17. The number of nitro groups is 1. The topological polar surface area (TPSA) is 135 Å². The number of benzene rings is 1. The van der Waals surface area contributed by atoms with Crippen molar-refractivity contribution in [3.05, 3.63) is 45.1 Å². The summed E-state index contributed by atoms with van der Waals surface area (Å²) in [6, 6.07) is 3.79. The first-order chi connectivity index (χ1) is 12.4. The number of ether oxygens (including phenoxy) is 2. The molecule has 1 atom stereocenters. The normalized spacial score (nSPS) is 18.1. The van der Waals surface area contributed by atoms with Gasteiger partial charge in [0, 0.05) is 5.70 Å². The molecule has 0 fully saturated rings. The van der Waals surface area contributed by atoms with Crippen molar-refractivity contribution in [2.24, 2.45) is 5.10 Å². The number of carbonyl (C=O) groups excluding carboxylic acids is 1. The average Bonchev–Trinajstić information content (AvgIpc) is 2.56. The van der Waals surface area contributed by atoms with Crippen molar-refractivity contribution in [3.8, 4) is 11.5 Å². The van der Waals surface area contributed by atoms with E-state index in [-0.39, 0.29) is 29.6 Å². The van der Waals surface area contributed by atoms with Crippen molar-refractivity contribution in [2.45, 2.75) is 26.8 Å². The quantitative estimate of drug-likeness (QED) is 0.392. The van der Waals surface area contributed by atoms with Gasteiger partial charge in [0.1, 0.15) is 5.10 Å². The number of hydrazone groups is 1. The van der Waals surface area contributed by atoms with Crippen molar-refractivity contribution in [3.63, 3.8) is 0 Å². The van der Waals surface area contributed by atoms with E-state index in [0.717, 1.165) is 0 Å². The van der Waals surface area contributed by atoms with Crippen LogP contribution < -0.4 is 15.4 Å². The zero-order chi connectivity index (χ0) is 19.3. The molecule has 1 aliphatic heterocycles. The maximum absolute atomic E-state index is 12.4. The lowest BCUT2D eigenvalue weighted by Crippen LogP contribution is -2.46. The monoisotopic (exact) mass is 364 g/mol. The van der Waals surface area contributed by atoms with E-state index < -0.39 is 17.0 Å². The predicted octanol–water partition coefficient (Wildman–Crippen LogP) is 1.41. The molecule has 10 nitrogen and oxygen atoms in total. The molecule has 0 saturated carbocycles. The minimum atomic E-state index is -0.850. The van der Waals surface area contributed by atoms with Crippen LogP contribution >= 0.6 is 0 Å². The van der Waals surface area contributed by atoms with Crippen molar-refractivity contribution in [2.75, 3.05) is 13.2 Å². The maximum Gasteiger partial charge on any atom is 0.338 e. The van der Waals surface area contributed by atoms with Gasteiger partial charge in [-0.3, -0.25) is 0 Å². The Hall–Kier alpha value is -3.30. The van der Waals surface area contributed by atoms with Gasteiger partial charge in [0.25, 0.3) is 5.96 Å². The van der Waals surface area contributed by atoms with Crippen LogP contribution in [0.4, 0.5) is 0 Å². The number of nitrogens with one attached hydrogen (secondary N) is 2. The van der Waals surface area contributed by atoms with Gasteiger partial charge in [-0.05, 0) is 38.5 Å². The van der Waals surface area contributed by atoms with Gasteiger partial charge in [-0.1, -0.05) is 6.07 Å². The highest BCUT2D eigenvalue weighted by molar-refractivity contribution is 5.96. The van der Waals surface area contributed by atoms with Gasteiger partial charge in [0.15, 0.2) is 16.5 Å². The largest absolute Gasteiger partial charge is 0.504 e. The van der Waals surface area contributed by atoms with E-state index in [0.29, 0.717) is 17.9 Å². The zero-order valence-electron chi connectivity index (χ0n) is 14.6. The molecule has 140 valence electrons. The third-order valence-corrected chi connectivity index (χ3v) is 3.57. The summed E-state index contributed by atoms with van der Waals surface area (Å²) in [6.45, 7) is 5.56.